The quantitative estimate of drug-likeness (QED) is 0.873. The molecule has 1 heterocycles. The fraction of sp³-hybridized carbons (Fsp3) is 0.692. The highest BCUT2D eigenvalue weighted by Gasteiger charge is 2.21. The number of alkyl carbamates (subject to hydrolysis) is 1. The molecule has 20 heavy (non-hydrogen) atoms. The van der Waals surface area contributed by atoms with Gasteiger partial charge in [0, 0.05) is 25.6 Å². The Hall–Kier alpha value is -1.27. The van der Waals surface area contributed by atoms with E-state index in [1.165, 1.54) is 0 Å². The van der Waals surface area contributed by atoms with Crippen LogP contribution in [0.4, 0.5) is 4.79 Å². The van der Waals surface area contributed by atoms with E-state index < -0.39 is 11.7 Å². The van der Waals surface area contributed by atoms with E-state index in [1.54, 1.807) is 6.33 Å². The van der Waals surface area contributed by atoms with Crippen molar-refractivity contribution in [2.45, 2.75) is 45.8 Å². The van der Waals surface area contributed by atoms with Crippen LogP contribution < -0.4 is 11.1 Å². The van der Waals surface area contributed by atoms with E-state index in [9.17, 15) is 4.79 Å². The molecule has 1 aromatic heterocycles. The Balaban J connectivity index is 2.68. The van der Waals surface area contributed by atoms with Crippen LogP contribution in [-0.2, 0) is 11.3 Å². The van der Waals surface area contributed by atoms with Crippen molar-refractivity contribution >= 4 is 17.7 Å². The summed E-state index contributed by atoms with van der Waals surface area (Å²) in [5, 5.41) is 3.14. The van der Waals surface area contributed by atoms with Gasteiger partial charge >= 0.3 is 6.09 Å². The number of aromatic nitrogens is 2. The van der Waals surface area contributed by atoms with Crippen LogP contribution in [0, 0.1) is 0 Å². The number of ether oxygens (including phenoxy) is 1. The monoisotopic (exact) mass is 302 g/mol. The summed E-state index contributed by atoms with van der Waals surface area (Å²) in [6.07, 6.45) is 1.21. The highest BCUT2D eigenvalue weighted by molar-refractivity contribution is 6.30. The van der Waals surface area contributed by atoms with Gasteiger partial charge in [-0.25, -0.2) is 9.78 Å². The molecular formula is C13H23ClN4O2. The summed E-state index contributed by atoms with van der Waals surface area (Å²) in [5.41, 5.74) is 6.10. The number of imidazole rings is 1. The molecule has 0 bridgehead atoms. The minimum absolute atomic E-state index is 0.0996. The smallest absolute Gasteiger partial charge is 0.407 e. The summed E-state index contributed by atoms with van der Waals surface area (Å²) >= 11 is 6.09. The van der Waals surface area contributed by atoms with Crippen molar-refractivity contribution in [1.82, 2.24) is 14.9 Å². The minimum atomic E-state index is -0.523. The number of carbonyl (C=O) groups excluding carboxylic acids is 1. The molecule has 0 saturated heterocycles. The molecule has 7 heteroatoms. The van der Waals surface area contributed by atoms with E-state index in [0.29, 0.717) is 18.2 Å². The molecule has 3 N–H and O–H groups in total. The van der Waals surface area contributed by atoms with Gasteiger partial charge in [0.25, 0.3) is 0 Å². The summed E-state index contributed by atoms with van der Waals surface area (Å²) in [4.78, 5) is 15.7. The number of aryl methyl sites for hydroxylation is 1. The SMILES string of the molecule is CCn1cnc(Cl)c1C(CN)CNC(=O)OC(C)(C)C. The normalized spacial score (nSPS) is 13.1. The first-order valence-corrected chi connectivity index (χ1v) is 7.03. The first-order valence-electron chi connectivity index (χ1n) is 6.66. The topological polar surface area (TPSA) is 82.2 Å². The van der Waals surface area contributed by atoms with Gasteiger partial charge in [0.1, 0.15) is 5.60 Å². The van der Waals surface area contributed by atoms with Crippen LogP contribution in [0.1, 0.15) is 39.3 Å². The maximum Gasteiger partial charge on any atom is 0.407 e. The summed E-state index contributed by atoms with van der Waals surface area (Å²) in [5.74, 6) is -0.0996. The zero-order valence-electron chi connectivity index (χ0n) is 12.4. The summed E-state index contributed by atoms with van der Waals surface area (Å²) in [7, 11) is 0. The molecule has 0 spiro atoms. The molecule has 1 amide bonds. The van der Waals surface area contributed by atoms with Crippen LogP contribution in [0.2, 0.25) is 5.15 Å². The van der Waals surface area contributed by atoms with Gasteiger partial charge in [-0.05, 0) is 27.7 Å². The Kier molecular flexibility index (Phi) is 5.83. The maximum atomic E-state index is 11.7. The zero-order valence-corrected chi connectivity index (χ0v) is 13.2. The molecule has 114 valence electrons. The van der Waals surface area contributed by atoms with Gasteiger partial charge in [-0.15, -0.1) is 0 Å². The van der Waals surface area contributed by atoms with Crippen molar-refractivity contribution in [3.8, 4) is 0 Å². The lowest BCUT2D eigenvalue weighted by Gasteiger charge is -2.22. The third-order valence-electron chi connectivity index (χ3n) is 2.73. The van der Waals surface area contributed by atoms with Crippen LogP contribution in [0.5, 0.6) is 0 Å². The van der Waals surface area contributed by atoms with Crippen molar-refractivity contribution in [3.63, 3.8) is 0 Å². The second kappa shape index (κ2) is 6.95. The lowest BCUT2D eigenvalue weighted by molar-refractivity contribution is 0.0524. The van der Waals surface area contributed by atoms with Crippen LogP contribution in [0.25, 0.3) is 0 Å². The largest absolute Gasteiger partial charge is 0.444 e. The minimum Gasteiger partial charge on any atom is -0.444 e. The zero-order chi connectivity index (χ0) is 15.3. The van der Waals surface area contributed by atoms with E-state index in [0.717, 1.165) is 12.2 Å². The van der Waals surface area contributed by atoms with Crippen molar-refractivity contribution in [2.24, 2.45) is 5.73 Å². The van der Waals surface area contributed by atoms with E-state index in [2.05, 4.69) is 10.3 Å². The molecular weight excluding hydrogens is 280 g/mol. The molecule has 0 radical (unpaired) electrons. The molecule has 0 aromatic carbocycles. The van der Waals surface area contributed by atoms with Crippen LogP contribution in [0.15, 0.2) is 6.33 Å². The second-order valence-corrected chi connectivity index (χ2v) is 5.88. The number of nitrogens with one attached hydrogen (secondary N) is 1. The fourth-order valence-electron chi connectivity index (χ4n) is 1.83. The van der Waals surface area contributed by atoms with Gasteiger partial charge in [-0.3, -0.25) is 0 Å². The third-order valence-corrected chi connectivity index (χ3v) is 3.03. The van der Waals surface area contributed by atoms with E-state index in [1.807, 2.05) is 32.3 Å². The standard InChI is InChI=1S/C13H23ClN4O2/c1-5-18-8-17-11(14)10(18)9(6-15)7-16-12(19)20-13(2,3)4/h8-9H,5-7,15H2,1-4H3,(H,16,19). The molecule has 0 aliphatic carbocycles. The number of halogens is 1. The first-order chi connectivity index (χ1) is 9.28. The van der Waals surface area contributed by atoms with Gasteiger partial charge in [0.2, 0.25) is 0 Å². The number of hydrogen-bond donors (Lipinski definition) is 2. The van der Waals surface area contributed by atoms with E-state index >= 15 is 0 Å². The number of nitrogens with two attached hydrogens (primary N) is 1. The predicted molar refractivity (Wildman–Crippen MR) is 78.9 cm³/mol. The van der Waals surface area contributed by atoms with Crippen molar-refractivity contribution in [3.05, 3.63) is 17.2 Å². The molecule has 0 saturated carbocycles. The number of amides is 1. The van der Waals surface area contributed by atoms with Gasteiger partial charge in [0.05, 0.1) is 12.0 Å². The van der Waals surface area contributed by atoms with Crippen LogP contribution >= 0.6 is 11.6 Å². The third kappa shape index (κ3) is 4.68. The maximum absolute atomic E-state index is 11.7. The summed E-state index contributed by atoms with van der Waals surface area (Å²) in [6.45, 7) is 8.91. The molecule has 0 fully saturated rings. The summed E-state index contributed by atoms with van der Waals surface area (Å²) in [6, 6.07) is 0. The highest BCUT2D eigenvalue weighted by Crippen LogP contribution is 2.22. The number of nitrogens with zero attached hydrogens (tertiary/aromatic N) is 2. The van der Waals surface area contributed by atoms with E-state index in [-0.39, 0.29) is 5.92 Å². The van der Waals surface area contributed by atoms with Gasteiger partial charge in [-0.1, -0.05) is 11.6 Å². The number of rotatable bonds is 5. The average molecular weight is 303 g/mol. The van der Waals surface area contributed by atoms with E-state index in [4.69, 9.17) is 22.1 Å². The Morgan fingerprint density at radius 3 is 2.75 bits per heavy atom. The van der Waals surface area contributed by atoms with Crippen molar-refractivity contribution in [1.29, 1.82) is 0 Å². The Bertz CT molecular complexity index is 454. The number of carbonyl (C=O) groups is 1. The summed E-state index contributed by atoms with van der Waals surface area (Å²) < 4.78 is 7.12. The molecule has 6 nitrogen and oxygen atoms in total. The Labute approximate surface area is 124 Å². The Morgan fingerprint density at radius 1 is 1.60 bits per heavy atom. The molecule has 1 rings (SSSR count). The lowest BCUT2D eigenvalue weighted by Crippen LogP contribution is -2.36. The van der Waals surface area contributed by atoms with Gasteiger partial charge in [-0.2, -0.15) is 0 Å². The molecule has 1 unspecified atom stereocenters. The lowest BCUT2D eigenvalue weighted by atomic mass is 10.1. The van der Waals surface area contributed by atoms with Crippen molar-refractivity contribution < 1.29 is 9.53 Å². The fourth-order valence-corrected chi connectivity index (χ4v) is 2.14. The Morgan fingerprint density at radius 2 is 2.25 bits per heavy atom. The molecule has 0 aliphatic heterocycles. The average Bonchev–Trinajstić information content (AvgIpc) is 2.70. The molecule has 0 aliphatic rings. The first kappa shape index (κ1) is 16.8. The molecule has 1 atom stereocenters. The molecule has 1 aromatic rings. The number of hydrogen-bond acceptors (Lipinski definition) is 4. The predicted octanol–water partition coefficient (Wildman–Crippen LogP) is 2.12. The van der Waals surface area contributed by atoms with Gasteiger partial charge < -0.3 is 20.4 Å². The van der Waals surface area contributed by atoms with Gasteiger partial charge in [0.15, 0.2) is 5.15 Å². The highest BCUT2D eigenvalue weighted by atomic mass is 35.5. The van der Waals surface area contributed by atoms with Crippen molar-refractivity contribution in [2.75, 3.05) is 13.1 Å². The van der Waals surface area contributed by atoms with Crippen LogP contribution in [-0.4, -0.2) is 34.3 Å². The van der Waals surface area contributed by atoms with Crippen LogP contribution in [0.3, 0.4) is 0 Å². The second-order valence-electron chi connectivity index (χ2n) is 5.52.